The molecule has 1 amide bonds. The van der Waals surface area contributed by atoms with E-state index in [2.05, 4.69) is 27.8 Å². The molecular weight excluding hydrogens is 362 g/mol. The van der Waals surface area contributed by atoms with Gasteiger partial charge in [0.2, 0.25) is 11.1 Å². The maximum atomic E-state index is 12.1. The van der Waals surface area contributed by atoms with Crippen molar-refractivity contribution in [3.05, 3.63) is 59.2 Å². The van der Waals surface area contributed by atoms with Crippen LogP contribution in [0.4, 0.5) is 0 Å². The molecule has 3 aromatic rings. The molecule has 7 nitrogen and oxygen atoms in total. The summed E-state index contributed by atoms with van der Waals surface area (Å²) in [5, 5.41) is 15.3. The number of aryl methyl sites for hydroxylation is 2. The Morgan fingerprint density at radius 2 is 1.93 bits per heavy atom. The first-order valence-corrected chi connectivity index (χ1v) is 9.44. The number of benzene rings is 2. The summed E-state index contributed by atoms with van der Waals surface area (Å²) in [5.74, 6) is 0.950. The number of thioether (sulfide) groups is 1. The SMILES string of the molecule is COc1ccc(CNC(=O)CSc2nnnn2-c2ccc(C)c(C)c2)cc1. The zero-order valence-corrected chi connectivity index (χ0v) is 16.3. The van der Waals surface area contributed by atoms with Crippen molar-refractivity contribution in [3.8, 4) is 11.4 Å². The van der Waals surface area contributed by atoms with E-state index < -0.39 is 0 Å². The molecular formula is C19H21N5O2S. The first-order valence-electron chi connectivity index (χ1n) is 8.45. The van der Waals surface area contributed by atoms with Gasteiger partial charge in [-0.1, -0.05) is 30.0 Å². The summed E-state index contributed by atoms with van der Waals surface area (Å²) in [6.07, 6.45) is 0. The Morgan fingerprint density at radius 1 is 1.15 bits per heavy atom. The van der Waals surface area contributed by atoms with Gasteiger partial charge in [-0.15, -0.1) is 5.10 Å². The molecule has 0 aliphatic rings. The molecule has 0 spiro atoms. The number of ether oxygens (including phenoxy) is 1. The molecule has 0 unspecified atom stereocenters. The second-order valence-corrected chi connectivity index (χ2v) is 7.00. The number of rotatable bonds is 7. The third-order valence-electron chi connectivity index (χ3n) is 4.16. The van der Waals surface area contributed by atoms with Gasteiger partial charge in [-0.3, -0.25) is 4.79 Å². The smallest absolute Gasteiger partial charge is 0.230 e. The van der Waals surface area contributed by atoms with Gasteiger partial charge in [0.1, 0.15) is 5.75 Å². The van der Waals surface area contributed by atoms with Gasteiger partial charge >= 0.3 is 0 Å². The van der Waals surface area contributed by atoms with Gasteiger partial charge in [0.05, 0.1) is 18.6 Å². The second kappa shape index (κ2) is 8.68. The van der Waals surface area contributed by atoms with Crippen LogP contribution >= 0.6 is 11.8 Å². The van der Waals surface area contributed by atoms with E-state index in [-0.39, 0.29) is 11.7 Å². The number of aromatic nitrogens is 4. The van der Waals surface area contributed by atoms with E-state index in [1.54, 1.807) is 11.8 Å². The van der Waals surface area contributed by atoms with Crippen molar-refractivity contribution in [1.82, 2.24) is 25.5 Å². The van der Waals surface area contributed by atoms with Crippen molar-refractivity contribution >= 4 is 17.7 Å². The molecule has 0 atom stereocenters. The largest absolute Gasteiger partial charge is 0.497 e. The number of carbonyl (C=O) groups is 1. The Kier molecular flexibility index (Phi) is 6.08. The molecule has 140 valence electrons. The molecule has 0 saturated carbocycles. The summed E-state index contributed by atoms with van der Waals surface area (Å²) in [6, 6.07) is 13.6. The molecule has 1 aromatic heterocycles. The summed E-state index contributed by atoms with van der Waals surface area (Å²) in [4.78, 5) is 12.1. The first kappa shape index (κ1) is 18.9. The van der Waals surface area contributed by atoms with E-state index in [0.29, 0.717) is 11.7 Å². The summed E-state index contributed by atoms with van der Waals surface area (Å²) in [7, 11) is 1.62. The lowest BCUT2D eigenvalue weighted by atomic mass is 10.1. The molecule has 0 fully saturated rings. The predicted octanol–water partition coefficient (Wildman–Crippen LogP) is 2.70. The minimum atomic E-state index is -0.0783. The fraction of sp³-hybridized carbons (Fsp3) is 0.263. The molecule has 0 aliphatic carbocycles. The van der Waals surface area contributed by atoms with Gasteiger partial charge in [-0.25, -0.2) is 0 Å². The van der Waals surface area contributed by atoms with Crippen LogP contribution in [0.5, 0.6) is 5.75 Å². The molecule has 2 aromatic carbocycles. The number of nitrogens with one attached hydrogen (secondary N) is 1. The number of hydrogen-bond donors (Lipinski definition) is 1. The van der Waals surface area contributed by atoms with Crippen LogP contribution in [0.25, 0.3) is 5.69 Å². The van der Waals surface area contributed by atoms with E-state index in [9.17, 15) is 4.79 Å². The van der Waals surface area contributed by atoms with Crippen LogP contribution in [-0.2, 0) is 11.3 Å². The number of carbonyl (C=O) groups excluding carboxylic acids is 1. The number of amides is 1. The number of hydrogen-bond acceptors (Lipinski definition) is 6. The maximum absolute atomic E-state index is 12.1. The highest BCUT2D eigenvalue weighted by Gasteiger charge is 2.12. The van der Waals surface area contributed by atoms with Crippen molar-refractivity contribution in [3.63, 3.8) is 0 Å². The van der Waals surface area contributed by atoms with E-state index in [4.69, 9.17) is 4.74 Å². The quantitative estimate of drug-likeness (QED) is 0.632. The Hall–Kier alpha value is -2.87. The Morgan fingerprint density at radius 3 is 2.63 bits per heavy atom. The Bertz CT molecular complexity index is 924. The average Bonchev–Trinajstić information content (AvgIpc) is 3.16. The van der Waals surface area contributed by atoms with E-state index >= 15 is 0 Å². The van der Waals surface area contributed by atoms with Crippen molar-refractivity contribution in [2.45, 2.75) is 25.5 Å². The van der Waals surface area contributed by atoms with Crippen LogP contribution in [0.15, 0.2) is 47.6 Å². The van der Waals surface area contributed by atoms with Crippen LogP contribution in [0.1, 0.15) is 16.7 Å². The van der Waals surface area contributed by atoms with Gasteiger partial charge in [-0.2, -0.15) is 4.68 Å². The minimum Gasteiger partial charge on any atom is -0.497 e. The fourth-order valence-corrected chi connectivity index (χ4v) is 3.13. The van der Waals surface area contributed by atoms with Gasteiger partial charge in [0, 0.05) is 6.54 Å². The summed E-state index contributed by atoms with van der Waals surface area (Å²) < 4.78 is 6.77. The average molecular weight is 383 g/mol. The Balaban J connectivity index is 1.56. The molecule has 1 heterocycles. The van der Waals surface area contributed by atoms with E-state index in [1.807, 2.05) is 49.4 Å². The van der Waals surface area contributed by atoms with E-state index in [0.717, 1.165) is 22.6 Å². The second-order valence-electron chi connectivity index (χ2n) is 6.06. The highest BCUT2D eigenvalue weighted by atomic mass is 32.2. The highest BCUT2D eigenvalue weighted by Crippen LogP contribution is 2.20. The normalized spacial score (nSPS) is 10.6. The van der Waals surface area contributed by atoms with Crippen LogP contribution in [0, 0.1) is 13.8 Å². The molecule has 1 N–H and O–H groups in total. The maximum Gasteiger partial charge on any atom is 0.230 e. The zero-order chi connectivity index (χ0) is 19.2. The molecule has 8 heteroatoms. The molecule has 0 saturated heterocycles. The zero-order valence-electron chi connectivity index (χ0n) is 15.5. The molecule has 0 radical (unpaired) electrons. The van der Waals surface area contributed by atoms with Crippen molar-refractivity contribution in [2.75, 3.05) is 12.9 Å². The minimum absolute atomic E-state index is 0.0783. The third-order valence-corrected chi connectivity index (χ3v) is 5.08. The summed E-state index contributed by atoms with van der Waals surface area (Å²) >= 11 is 1.30. The van der Waals surface area contributed by atoms with Crippen LogP contribution in [0.3, 0.4) is 0 Å². The van der Waals surface area contributed by atoms with Crippen LogP contribution < -0.4 is 10.1 Å². The van der Waals surface area contributed by atoms with Gasteiger partial charge in [0.15, 0.2) is 0 Å². The lowest BCUT2D eigenvalue weighted by molar-refractivity contribution is -0.118. The Labute approximate surface area is 162 Å². The summed E-state index contributed by atoms with van der Waals surface area (Å²) in [6.45, 7) is 4.57. The molecule has 27 heavy (non-hydrogen) atoms. The van der Waals surface area contributed by atoms with Crippen molar-refractivity contribution in [1.29, 1.82) is 0 Å². The van der Waals surface area contributed by atoms with Crippen molar-refractivity contribution < 1.29 is 9.53 Å². The summed E-state index contributed by atoms with van der Waals surface area (Å²) in [5.41, 5.74) is 4.26. The van der Waals surface area contributed by atoms with Crippen molar-refractivity contribution in [2.24, 2.45) is 0 Å². The fourth-order valence-electron chi connectivity index (χ4n) is 2.41. The van der Waals surface area contributed by atoms with Gasteiger partial charge < -0.3 is 10.1 Å². The van der Waals surface area contributed by atoms with Gasteiger partial charge in [-0.05, 0) is 65.2 Å². The van der Waals surface area contributed by atoms with Crippen LogP contribution in [-0.4, -0.2) is 39.0 Å². The first-order chi connectivity index (χ1) is 13.1. The predicted molar refractivity (Wildman–Crippen MR) is 104 cm³/mol. The molecule has 0 aliphatic heterocycles. The lowest BCUT2D eigenvalue weighted by Gasteiger charge is -2.08. The lowest BCUT2D eigenvalue weighted by Crippen LogP contribution is -2.24. The van der Waals surface area contributed by atoms with Crippen LogP contribution in [0.2, 0.25) is 0 Å². The number of tetrazole rings is 1. The molecule has 3 rings (SSSR count). The van der Waals surface area contributed by atoms with E-state index in [1.165, 1.54) is 17.3 Å². The highest BCUT2D eigenvalue weighted by molar-refractivity contribution is 7.99. The molecule has 0 bridgehead atoms. The number of methoxy groups -OCH3 is 1. The number of nitrogens with zero attached hydrogens (tertiary/aromatic N) is 4. The topological polar surface area (TPSA) is 81.9 Å². The standard InChI is InChI=1S/C19H21N5O2S/c1-13-4-7-16(10-14(13)2)24-19(21-22-23-24)27-12-18(25)20-11-15-5-8-17(26-3)9-6-15/h4-10H,11-12H2,1-3H3,(H,20,25). The third kappa shape index (κ3) is 4.85. The monoisotopic (exact) mass is 383 g/mol. The van der Waals surface area contributed by atoms with Gasteiger partial charge in [0.25, 0.3) is 0 Å².